The zero-order valence-corrected chi connectivity index (χ0v) is 19.8. The second-order valence-corrected chi connectivity index (χ2v) is 9.06. The fourth-order valence-electron chi connectivity index (χ4n) is 3.97. The van der Waals surface area contributed by atoms with Crippen molar-refractivity contribution in [3.63, 3.8) is 0 Å². The molecule has 0 bridgehead atoms. The topological polar surface area (TPSA) is 11.3 Å². The Balaban J connectivity index is 0.000000784. The third-order valence-corrected chi connectivity index (χ3v) is 5.71. The Kier molecular flexibility index (Phi) is 9.52. The largest absolute Gasteiger partial charge is 0.673 e. The third-order valence-electron chi connectivity index (χ3n) is 5.71. The number of rotatable bonds is 5. The summed E-state index contributed by atoms with van der Waals surface area (Å²) in [6, 6.07) is 14.7. The van der Waals surface area contributed by atoms with E-state index in [9.17, 15) is 30.4 Å². The van der Waals surface area contributed by atoms with Gasteiger partial charge in [0.2, 0.25) is 0 Å². The molecule has 0 heterocycles. The SMILES string of the molecule is CC1=CCCC(C)(C)C1C=CC(Cc1ccc(C(F)(F)F)cc1)=[O+]c1ccccc1.F[B-](F)(F)F. The zero-order chi connectivity index (χ0) is 26.3. The maximum Gasteiger partial charge on any atom is 0.673 e. The highest BCUT2D eigenvalue weighted by atomic mass is 19.5. The molecule has 1 aliphatic carbocycles. The number of hydrogen-bond donors (Lipinski definition) is 0. The van der Waals surface area contributed by atoms with E-state index >= 15 is 0 Å². The molecule has 2 aromatic carbocycles. The van der Waals surface area contributed by atoms with Crippen molar-refractivity contribution in [3.05, 3.63) is 89.5 Å². The first kappa shape index (κ1) is 28.4. The molecule has 0 aromatic heterocycles. The predicted molar refractivity (Wildman–Crippen MR) is 126 cm³/mol. The van der Waals surface area contributed by atoms with Gasteiger partial charge in [0.15, 0.2) is 0 Å². The molecule has 1 nitrogen and oxygen atoms in total. The summed E-state index contributed by atoms with van der Waals surface area (Å²) in [7, 11) is -6.00. The summed E-state index contributed by atoms with van der Waals surface area (Å²) in [5.74, 6) is 1.71. The van der Waals surface area contributed by atoms with E-state index in [-0.39, 0.29) is 5.41 Å². The van der Waals surface area contributed by atoms with E-state index in [2.05, 4.69) is 32.9 Å². The van der Waals surface area contributed by atoms with Gasteiger partial charge in [0.25, 0.3) is 0 Å². The Morgan fingerprint density at radius 2 is 1.57 bits per heavy atom. The monoisotopic (exact) mass is 500 g/mol. The predicted octanol–water partition coefficient (Wildman–Crippen LogP) is 9.00. The van der Waals surface area contributed by atoms with Gasteiger partial charge in [-0.05, 0) is 42.9 Å². The molecule has 0 saturated carbocycles. The van der Waals surface area contributed by atoms with E-state index in [1.807, 2.05) is 36.4 Å². The maximum atomic E-state index is 12.9. The lowest BCUT2D eigenvalue weighted by molar-refractivity contribution is -0.366. The highest BCUT2D eigenvalue weighted by Crippen LogP contribution is 2.41. The molecule has 0 radical (unpaired) electrons. The number of halogens is 7. The smallest absolute Gasteiger partial charge is 0.418 e. The Labute approximate surface area is 201 Å². The Morgan fingerprint density at radius 1 is 1.00 bits per heavy atom. The summed E-state index contributed by atoms with van der Waals surface area (Å²) in [5.41, 5.74) is 1.63. The number of alkyl halides is 3. The van der Waals surface area contributed by atoms with E-state index in [4.69, 9.17) is 4.42 Å². The normalized spacial score (nSPS) is 18.6. The molecule has 9 heteroatoms. The van der Waals surface area contributed by atoms with Crippen molar-refractivity contribution in [1.82, 2.24) is 0 Å². The van der Waals surface area contributed by atoms with E-state index < -0.39 is 19.0 Å². The van der Waals surface area contributed by atoms with Gasteiger partial charge in [0, 0.05) is 24.1 Å². The summed E-state index contributed by atoms with van der Waals surface area (Å²) < 4.78 is 83.7. The Hall–Kier alpha value is -2.84. The van der Waals surface area contributed by atoms with Crippen molar-refractivity contribution < 1.29 is 34.9 Å². The summed E-state index contributed by atoms with van der Waals surface area (Å²) >= 11 is 0. The second kappa shape index (κ2) is 11.7. The van der Waals surface area contributed by atoms with Gasteiger partial charge in [-0.25, -0.2) is 4.42 Å². The number of allylic oxidation sites excluding steroid dienone is 4. The quantitative estimate of drug-likeness (QED) is 0.128. The van der Waals surface area contributed by atoms with E-state index in [0.717, 1.165) is 30.5 Å². The zero-order valence-electron chi connectivity index (χ0n) is 19.8. The van der Waals surface area contributed by atoms with Crippen molar-refractivity contribution in [2.45, 2.75) is 46.2 Å². The average Bonchev–Trinajstić information content (AvgIpc) is 2.72. The number of para-hydroxylation sites is 1. The first-order valence-electron chi connectivity index (χ1n) is 11.1. The molecule has 0 fully saturated rings. The molecule has 0 saturated heterocycles. The van der Waals surface area contributed by atoms with Crippen LogP contribution < -0.4 is 0 Å². The minimum absolute atomic E-state index is 0.154. The summed E-state index contributed by atoms with van der Waals surface area (Å²) in [5, 5.41) is 0. The van der Waals surface area contributed by atoms with Crippen LogP contribution in [0.5, 0.6) is 5.75 Å². The minimum Gasteiger partial charge on any atom is -0.418 e. The molecule has 2 aromatic rings. The molecule has 0 aliphatic heterocycles. The van der Waals surface area contributed by atoms with Gasteiger partial charge in [0.1, 0.15) is 0 Å². The van der Waals surface area contributed by atoms with Gasteiger partial charge in [-0.1, -0.05) is 61.9 Å². The van der Waals surface area contributed by atoms with Crippen LogP contribution in [0.25, 0.3) is 0 Å². The van der Waals surface area contributed by atoms with Crippen LogP contribution in [0.2, 0.25) is 0 Å². The molecule has 1 unspecified atom stereocenters. The molecule has 0 spiro atoms. The van der Waals surface area contributed by atoms with Gasteiger partial charge < -0.3 is 17.3 Å². The van der Waals surface area contributed by atoms with E-state index in [1.54, 1.807) is 0 Å². The molecule has 0 N–H and O–H groups in total. The van der Waals surface area contributed by atoms with Crippen LogP contribution in [0.3, 0.4) is 0 Å². The van der Waals surface area contributed by atoms with Crippen molar-refractivity contribution >= 4 is 13.0 Å². The van der Waals surface area contributed by atoms with Gasteiger partial charge in [-0.2, -0.15) is 13.2 Å². The minimum atomic E-state index is -6.00. The second-order valence-electron chi connectivity index (χ2n) is 9.06. The highest BCUT2D eigenvalue weighted by molar-refractivity contribution is 6.50. The fourth-order valence-corrected chi connectivity index (χ4v) is 3.97. The van der Waals surface area contributed by atoms with Gasteiger partial charge >= 0.3 is 25.0 Å². The fraction of sp³-hybridized carbons (Fsp3) is 0.346. The number of benzene rings is 2. The summed E-state index contributed by atoms with van der Waals surface area (Å²) in [6.45, 7) is 6.70. The van der Waals surface area contributed by atoms with Crippen LogP contribution >= 0.6 is 0 Å². The van der Waals surface area contributed by atoms with Gasteiger partial charge in [0.05, 0.1) is 12.0 Å². The van der Waals surface area contributed by atoms with Crippen molar-refractivity contribution in [1.29, 1.82) is 0 Å². The number of carbonyl (C=O) groups excluding carboxylic acids is 1. The van der Waals surface area contributed by atoms with Crippen molar-refractivity contribution in [2.75, 3.05) is 0 Å². The molecule has 3 rings (SSSR count). The first-order chi connectivity index (χ1) is 16.1. The third kappa shape index (κ3) is 10.1. The lowest BCUT2D eigenvalue weighted by atomic mass is 9.68. The van der Waals surface area contributed by atoms with Gasteiger partial charge in [-0.15, -0.1) is 0 Å². The molecule has 1 aliphatic rings. The molecule has 0 amide bonds. The molecular weight excluding hydrogens is 472 g/mol. The number of hydrogen-bond acceptors (Lipinski definition) is 0. The van der Waals surface area contributed by atoms with Crippen LogP contribution in [0, 0.1) is 11.3 Å². The molecule has 35 heavy (non-hydrogen) atoms. The van der Waals surface area contributed by atoms with Crippen LogP contribution in [0.15, 0.2) is 78.4 Å². The maximum absolute atomic E-state index is 12.9. The average molecular weight is 500 g/mol. The van der Waals surface area contributed by atoms with Gasteiger partial charge in [-0.3, -0.25) is 0 Å². The van der Waals surface area contributed by atoms with Crippen LogP contribution in [0.4, 0.5) is 30.4 Å². The number of ketones is 1. The molecule has 1 atom stereocenters. The van der Waals surface area contributed by atoms with Crippen molar-refractivity contribution in [3.8, 4) is 5.75 Å². The van der Waals surface area contributed by atoms with Crippen molar-refractivity contribution in [2.24, 2.45) is 11.3 Å². The lowest BCUT2D eigenvalue weighted by Gasteiger charge is -2.36. The van der Waals surface area contributed by atoms with Crippen LogP contribution in [0.1, 0.15) is 44.7 Å². The standard InChI is InChI=1S/C26H28F3O.BF4/c1-19-8-7-17-25(2,3)24(19)16-15-23(30-22-9-5-4-6-10-22)18-20-11-13-21(14-12-20)26(27,28)29;2-1(3,4)5/h4-6,8-16,24H,7,17-18H2,1-3H3;/q+1;-1. The molecule has 190 valence electrons. The summed E-state index contributed by atoms with van der Waals surface area (Å²) in [6.07, 6.45) is 4.74. The first-order valence-corrected chi connectivity index (χ1v) is 11.1. The van der Waals surface area contributed by atoms with E-state index in [1.165, 1.54) is 17.7 Å². The summed E-state index contributed by atoms with van der Waals surface area (Å²) in [4.78, 5) is 0. The van der Waals surface area contributed by atoms with Crippen LogP contribution in [-0.4, -0.2) is 13.0 Å². The Bertz CT molecular complexity index is 1030. The highest BCUT2D eigenvalue weighted by Gasteiger charge is 2.32. The Morgan fingerprint density at radius 3 is 2.09 bits per heavy atom. The van der Waals surface area contributed by atoms with E-state index in [0.29, 0.717) is 23.9 Å². The van der Waals surface area contributed by atoms with Crippen LogP contribution in [-0.2, 0) is 17.0 Å². The lowest BCUT2D eigenvalue weighted by Crippen LogP contribution is -2.26. The molecular formula is C26H28BF7O.